The van der Waals surface area contributed by atoms with Crippen molar-refractivity contribution in [3.05, 3.63) is 65.4 Å². The fourth-order valence-electron chi connectivity index (χ4n) is 3.47. The number of nitriles is 2. The predicted octanol–water partition coefficient (Wildman–Crippen LogP) is 3.69. The predicted molar refractivity (Wildman–Crippen MR) is 93.4 cm³/mol. The standard InChI is InChI=1S/C20H14N4O/c1-24-9-8-14-17(24)7-6-15-18(13-4-2-12(10-21)3-5-13)16(11-22)20(23)25-19(14)15/h2-9,16,18,23H,1H3. The Labute approximate surface area is 144 Å². The van der Waals surface area contributed by atoms with Gasteiger partial charge in [0.25, 0.3) is 0 Å². The third-order valence-corrected chi connectivity index (χ3v) is 4.75. The molecule has 120 valence electrons. The summed E-state index contributed by atoms with van der Waals surface area (Å²) in [6.45, 7) is 0. The molecule has 0 fully saturated rings. The van der Waals surface area contributed by atoms with Crippen molar-refractivity contribution in [1.29, 1.82) is 15.9 Å². The van der Waals surface area contributed by atoms with E-state index in [2.05, 4.69) is 12.1 Å². The first-order valence-corrected chi connectivity index (χ1v) is 7.88. The van der Waals surface area contributed by atoms with Crippen LogP contribution in [0.2, 0.25) is 0 Å². The molecule has 2 unspecified atom stereocenters. The summed E-state index contributed by atoms with van der Waals surface area (Å²) in [4.78, 5) is 0. The van der Waals surface area contributed by atoms with Gasteiger partial charge in [0.1, 0.15) is 11.7 Å². The Morgan fingerprint density at radius 2 is 1.84 bits per heavy atom. The number of benzene rings is 2. The lowest BCUT2D eigenvalue weighted by Gasteiger charge is -2.30. The van der Waals surface area contributed by atoms with E-state index in [9.17, 15) is 5.26 Å². The summed E-state index contributed by atoms with van der Waals surface area (Å²) < 4.78 is 7.75. The van der Waals surface area contributed by atoms with Crippen molar-refractivity contribution >= 4 is 16.8 Å². The van der Waals surface area contributed by atoms with E-state index in [-0.39, 0.29) is 11.8 Å². The minimum Gasteiger partial charge on any atom is -0.441 e. The molecule has 0 saturated carbocycles. The third-order valence-electron chi connectivity index (χ3n) is 4.75. The maximum Gasteiger partial charge on any atom is 0.205 e. The minimum atomic E-state index is -0.693. The highest BCUT2D eigenvalue weighted by atomic mass is 16.5. The van der Waals surface area contributed by atoms with Gasteiger partial charge in [0, 0.05) is 30.1 Å². The van der Waals surface area contributed by atoms with E-state index >= 15 is 0 Å². The minimum absolute atomic E-state index is 0.0410. The number of hydrogen-bond donors (Lipinski definition) is 1. The summed E-state index contributed by atoms with van der Waals surface area (Å²) in [5.74, 6) is -0.384. The molecule has 2 atom stereocenters. The molecule has 1 N–H and O–H groups in total. The molecular formula is C20H14N4O. The van der Waals surface area contributed by atoms with Gasteiger partial charge in [-0.2, -0.15) is 10.5 Å². The Bertz CT molecular complexity index is 1080. The number of nitrogens with one attached hydrogen (secondary N) is 1. The van der Waals surface area contributed by atoms with E-state index < -0.39 is 5.92 Å². The number of hydrogen-bond acceptors (Lipinski definition) is 4. The van der Waals surface area contributed by atoms with Crippen LogP contribution in [0, 0.1) is 34.0 Å². The van der Waals surface area contributed by atoms with Crippen LogP contribution in [0.5, 0.6) is 5.75 Å². The monoisotopic (exact) mass is 326 g/mol. The van der Waals surface area contributed by atoms with Crippen LogP contribution in [-0.2, 0) is 7.05 Å². The second-order valence-corrected chi connectivity index (χ2v) is 6.13. The number of aromatic nitrogens is 1. The van der Waals surface area contributed by atoms with Gasteiger partial charge in [-0.05, 0) is 29.8 Å². The fourth-order valence-corrected chi connectivity index (χ4v) is 3.47. The van der Waals surface area contributed by atoms with Crippen LogP contribution in [0.3, 0.4) is 0 Å². The van der Waals surface area contributed by atoms with Crippen molar-refractivity contribution in [2.45, 2.75) is 5.92 Å². The Kier molecular flexibility index (Phi) is 3.30. The zero-order valence-corrected chi connectivity index (χ0v) is 13.5. The molecule has 1 aromatic heterocycles. The van der Waals surface area contributed by atoms with Crippen LogP contribution in [0.25, 0.3) is 10.9 Å². The highest BCUT2D eigenvalue weighted by molar-refractivity contribution is 5.94. The molecule has 3 aromatic rings. The molecule has 4 rings (SSSR count). The zero-order chi connectivity index (χ0) is 17.6. The topological polar surface area (TPSA) is 85.6 Å². The summed E-state index contributed by atoms with van der Waals surface area (Å²) in [5, 5.41) is 27.8. The summed E-state index contributed by atoms with van der Waals surface area (Å²) in [6.07, 6.45) is 1.95. The largest absolute Gasteiger partial charge is 0.441 e. The number of ether oxygens (including phenoxy) is 1. The summed E-state index contributed by atoms with van der Waals surface area (Å²) in [5.41, 5.74) is 3.37. The van der Waals surface area contributed by atoms with Crippen molar-refractivity contribution in [3.8, 4) is 17.9 Å². The molecule has 0 bridgehead atoms. The Morgan fingerprint density at radius 1 is 1.08 bits per heavy atom. The highest BCUT2D eigenvalue weighted by Crippen LogP contribution is 2.45. The van der Waals surface area contributed by atoms with Crippen LogP contribution >= 0.6 is 0 Å². The van der Waals surface area contributed by atoms with Gasteiger partial charge in [-0.1, -0.05) is 18.2 Å². The molecule has 1 aliphatic heterocycles. The van der Waals surface area contributed by atoms with Crippen LogP contribution in [0.1, 0.15) is 22.6 Å². The van der Waals surface area contributed by atoms with Gasteiger partial charge in [-0.3, -0.25) is 5.41 Å². The molecule has 25 heavy (non-hydrogen) atoms. The third kappa shape index (κ3) is 2.18. The fraction of sp³-hybridized carbons (Fsp3) is 0.150. The Morgan fingerprint density at radius 3 is 2.52 bits per heavy atom. The number of rotatable bonds is 1. The van der Waals surface area contributed by atoms with Crippen LogP contribution in [0.4, 0.5) is 0 Å². The SMILES string of the molecule is Cn1ccc2c3c(ccc21)C(c1ccc(C#N)cc1)C(C#N)C(=N)O3. The van der Waals surface area contributed by atoms with E-state index in [0.717, 1.165) is 22.0 Å². The lowest BCUT2D eigenvalue weighted by Crippen LogP contribution is -2.31. The van der Waals surface area contributed by atoms with Crippen LogP contribution in [0.15, 0.2) is 48.7 Å². The van der Waals surface area contributed by atoms with Gasteiger partial charge in [0.05, 0.1) is 23.2 Å². The average Bonchev–Trinajstić information content (AvgIpc) is 3.02. The zero-order valence-electron chi connectivity index (χ0n) is 13.5. The van der Waals surface area contributed by atoms with Crippen molar-refractivity contribution in [2.24, 2.45) is 13.0 Å². The van der Waals surface area contributed by atoms with Crippen LogP contribution < -0.4 is 4.74 Å². The van der Waals surface area contributed by atoms with Crippen molar-refractivity contribution < 1.29 is 4.74 Å². The molecule has 2 aromatic carbocycles. The van der Waals surface area contributed by atoms with Gasteiger partial charge in [0.15, 0.2) is 0 Å². The maximum atomic E-state index is 9.61. The van der Waals surface area contributed by atoms with E-state index in [1.165, 1.54) is 0 Å². The van der Waals surface area contributed by atoms with Crippen molar-refractivity contribution in [2.75, 3.05) is 0 Å². The molecular weight excluding hydrogens is 312 g/mol. The molecule has 0 aliphatic carbocycles. The average molecular weight is 326 g/mol. The van der Waals surface area contributed by atoms with E-state index in [4.69, 9.17) is 15.4 Å². The lowest BCUT2D eigenvalue weighted by molar-refractivity contribution is 0.455. The number of fused-ring (bicyclic) bond motifs is 3. The summed E-state index contributed by atoms with van der Waals surface area (Å²) in [6, 6.07) is 17.4. The van der Waals surface area contributed by atoms with Gasteiger partial charge >= 0.3 is 0 Å². The molecule has 0 spiro atoms. The van der Waals surface area contributed by atoms with Gasteiger partial charge in [-0.15, -0.1) is 0 Å². The van der Waals surface area contributed by atoms with Gasteiger partial charge in [0.2, 0.25) is 5.90 Å². The molecule has 0 saturated heterocycles. The molecule has 2 heterocycles. The molecule has 0 amide bonds. The quantitative estimate of drug-likeness (QED) is 0.740. The van der Waals surface area contributed by atoms with E-state index in [0.29, 0.717) is 11.3 Å². The summed E-state index contributed by atoms with van der Waals surface area (Å²) in [7, 11) is 1.96. The second kappa shape index (κ2) is 5.51. The van der Waals surface area contributed by atoms with Crippen molar-refractivity contribution in [3.63, 3.8) is 0 Å². The summed E-state index contributed by atoms with van der Waals surface area (Å²) >= 11 is 0. The molecule has 1 aliphatic rings. The smallest absolute Gasteiger partial charge is 0.205 e. The van der Waals surface area contributed by atoms with Gasteiger partial charge < -0.3 is 9.30 Å². The number of aryl methyl sites for hydroxylation is 1. The van der Waals surface area contributed by atoms with Crippen molar-refractivity contribution in [1.82, 2.24) is 4.57 Å². The highest BCUT2D eigenvalue weighted by Gasteiger charge is 2.37. The van der Waals surface area contributed by atoms with E-state index in [1.807, 2.05) is 48.1 Å². The Hall–Kier alpha value is -3.57. The molecule has 0 radical (unpaired) electrons. The normalized spacial score (nSPS) is 18.9. The second-order valence-electron chi connectivity index (χ2n) is 6.13. The van der Waals surface area contributed by atoms with E-state index in [1.54, 1.807) is 12.1 Å². The first-order chi connectivity index (χ1) is 12.1. The first kappa shape index (κ1) is 15.0. The Balaban J connectivity index is 1.96. The molecule has 5 heteroatoms. The number of nitrogens with zero attached hydrogens (tertiary/aromatic N) is 3. The lowest BCUT2D eigenvalue weighted by atomic mass is 9.78. The first-order valence-electron chi connectivity index (χ1n) is 7.88. The van der Waals surface area contributed by atoms with Crippen LogP contribution in [-0.4, -0.2) is 10.5 Å². The van der Waals surface area contributed by atoms with Gasteiger partial charge in [-0.25, -0.2) is 0 Å². The maximum absolute atomic E-state index is 9.61. The molecule has 5 nitrogen and oxygen atoms in total.